The van der Waals surface area contributed by atoms with Crippen LogP contribution < -0.4 is 5.32 Å². The zero-order chi connectivity index (χ0) is 39.8. The molecule has 0 radical (unpaired) electrons. The second kappa shape index (κ2) is 16.8. The fourth-order valence-corrected chi connectivity index (χ4v) is 9.72. The summed E-state index contributed by atoms with van der Waals surface area (Å²) < 4.78 is 7.28. The topological polar surface area (TPSA) is 116 Å². The molecule has 3 amide bonds. The van der Waals surface area contributed by atoms with Gasteiger partial charge in [0.25, 0.3) is 5.91 Å². The average Bonchev–Trinajstić information content (AvgIpc) is 3.94. The summed E-state index contributed by atoms with van der Waals surface area (Å²) in [6.45, 7) is 5.14. The minimum absolute atomic E-state index is 0.0401. The van der Waals surface area contributed by atoms with Gasteiger partial charge in [-0.2, -0.15) is 0 Å². The summed E-state index contributed by atoms with van der Waals surface area (Å²) in [5.41, 5.74) is 4.87. The van der Waals surface area contributed by atoms with Crippen LogP contribution in [-0.2, 0) is 14.3 Å². The summed E-state index contributed by atoms with van der Waals surface area (Å²) in [5.74, 6) is -0.189. The number of nitrogens with one attached hydrogen (secondary N) is 2. The Morgan fingerprint density at radius 3 is 2.46 bits per heavy atom. The summed E-state index contributed by atoms with van der Waals surface area (Å²) in [6.07, 6.45) is 6.12. The lowest BCUT2D eigenvalue weighted by molar-refractivity contribution is -0.137. The Labute approximate surface area is 347 Å². The number of aromatic nitrogens is 3. The number of amides is 3. The highest BCUT2D eigenvalue weighted by atomic mass is 35.5. The van der Waals surface area contributed by atoms with Crippen LogP contribution in [0.15, 0.2) is 73.1 Å². The first-order valence-corrected chi connectivity index (χ1v) is 20.7. The summed E-state index contributed by atoms with van der Waals surface area (Å²) in [6, 6.07) is 20.3. The number of ether oxygens (including phenoxy) is 1. The first-order chi connectivity index (χ1) is 27.6. The Kier molecular flexibility index (Phi) is 11.6. The van der Waals surface area contributed by atoms with E-state index in [1.165, 1.54) is 7.11 Å². The Morgan fingerprint density at radius 2 is 1.72 bits per heavy atom. The number of benzene rings is 3. The second-order valence-electron chi connectivity index (χ2n) is 15.3. The minimum Gasteiger partial charge on any atom is -0.375 e. The maximum Gasteiger partial charge on any atom is 0.268 e. The van der Waals surface area contributed by atoms with Crippen LogP contribution in [0.25, 0.3) is 33.4 Å². The maximum absolute atomic E-state index is 15.0. The van der Waals surface area contributed by atoms with Gasteiger partial charge >= 0.3 is 0 Å². The van der Waals surface area contributed by atoms with Crippen molar-refractivity contribution in [2.24, 2.45) is 0 Å². The third-order valence-corrected chi connectivity index (χ3v) is 12.7. The number of aromatic amines is 1. The lowest BCUT2D eigenvalue weighted by atomic mass is 9.97. The van der Waals surface area contributed by atoms with Crippen molar-refractivity contribution in [3.8, 4) is 22.5 Å². The van der Waals surface area contributed by atoms with Crippen LogP contribution in [0, 0.1) is 0 Å². The Bertz CT molecular complexity index is 2290. The number of likely N-dealkylation sites (tertiary alicyclic amines) is 3. The highest BCUT2D eigenvalue weighted by Crippen LogP contribution is 2.42. The van der Waals surface area contributed by atoms with Gasteiger partial charge in [0.1, 0.15) is 12.3 Å². The number of hydrogen-bond acceptors (Lipinski definition) is 6. The molecular weight excluding hydrogens is 785 g/mol. The van der Waals surface area contributed by atoms with Crippen molar-refractivity contribution in [1.29, 1.82) is 0 Å². The number of halogens is 3. The van der Waals surface area contributed by atoms with E-state index in [-0.39, 0.29) is 48.5 Å². The predicted molar refractivity (Wildman–Crippen MR) is 224 cm³/mol. The number of imidazole rings is 1. The van der Waals surface area contributed by atoms with Crippen molar-refractivity contribution in [3.63, 3.8) is 0 Å². The number of H-pyrrole nitrogens is 1. The van der Waals surface area contributed by atoms with Gasteiger partial charge in [-0.25, -0.2) is 4.98 Å². The fourth-order valence-electron chi connectivity index (χ4n) is 8.99. The maximum atomic E-state index is 15.0. The summed E-state index contributed by atoms with van der Waals surface area (Å²) >= 11 is 19.6. The van der Waals surface area contributed by atoms with Crippen molar-refractivity contribution in [1.82, 2.24) is 34.6 Å². The van der Waals surface area contributed by atoms with Crippen molar-refractivity contribution in [3.05, 3.63) is 99.4 Å². The zero-order valence-corrected chi connectivity index (χ0v) is 34.3. The number of piperidine rings is 2. The molecule has 5 aromatic rings. The Balaban J connectivity index is 1.17. The predicted octanol–water partition coefficient (Wildman–Crippen LogP) is 7.70. The molecule has 0 spiro atoms. The quantitative estimate of drug-likeness (QED) is 0.149. The van der Waals surface area contributed by atoms with Crippen LogP contribution in [0.1, 0.15) is 61.1 Å². The molecule has 57 heavy (non-hydrogen) atoms. The van der Waals surface area contributed by atoms with Gasteiger partial charge in [0.15, 0.2) is 0 Å². The number of nitrogens with zero attached hydrogens (tertiary/aromatic N) is 5. The average molecular weight is 831 g/mol. The number of rotatable bonds is 10. The SMILES string of the molecule is COCC(=O)N1C[C@@H](NC(=O)c2[nH]c3cc(Cl)ccc3c2-c2c(-c3ccccc3)ncn2[C@@H](C)c2ccc(Cl)cc2Cl)[C@@H](N2CCC(N3CCCCC3=O)CC2)C1. The zero-order valence-electron chi connectivity index (χ0n) is 32.0. The smallest absolute Gasteiger partial charge is 0.268 e. The third-order valence-electron chi connectivity index (χ3n) is 11.9. The van der Waals surface area contributed by atoms with Crippen molar-refractivity contribution in [2.75, 3.05) is 46.4 Å². The monoisotopic (exact) mass is 829 g/mol. The number of carbonyl (C=O) groups excluding carboxylic acids is 3. The lowest BCUT2D eigenvalue weighted by Crippen LogP contribution is -2.56. The minimum atomic E-state index is -0.375. The van der Waals surface area contributed by atoms with E-state index in [9.17, 15) is 14.4 Å². The summed E-state index contributed by atoms with van der Waals surface area (Å²) in [4.78, 5) is 55.6. The standard InChI is InChI=1S/C43H46Cl3N7O4/c1-26(31-13-11-28(44)20-33(31)46)53-25-47-40(27-8-4-3-5-9-27)42(53)39-32-14-12-29(45)21-34(32)48-41(39)43(56)49-35-22-51(38(55)24-57-2)23-36(35)50-18-15-30(16-19-50)52-17-7-6-10-37(52)54/h3-5,8-9,11-14,20-21,25-26,30,35-36,48H,6-7,10,15-19,22-24H2,1-2H3,(H,49,56)/t26-,35+,36-/m0/s1. The molecule has 8 rings (SSSR count). The van der Waals surface area contributed by atoms with Gasteiger partial charge < -0.3 is 29.4 Å². The largest absolute Gasteiger partial charge is 0.375 e. The molecule has 3 aliphatic heterocycles. The molecule has 3 aliphatic rings. The van der Waals surface area contributed by atoms with E-state index in [0.717, 1.165) is 67.5 Å². The normalized spacial score (nSPS) is 20.1. The first kappa shape index (κ1) is 39.4. The van der Waals surface area contributed by atoms with Crippen LogP contribution in [0.3, 0.4) is 0 Å². The number of carbonyl (C=O) groups is 3. The van der Waals surface area contributed by atoms with E-state index in [1.807, 2.05) is 72.2 Å². The summed E-state index contributed by atoms with van der Waals surface area (Å²) in [5, 5.41) is 5.75. The molecular formula is C43H46Cl3N7O4. The Morgan fingerprint density at radius 1 is 0.965 bits per heavy atom. The molecule has 3 fully saturated rings. The third kappa shape index (κ3) is 7.92. The van der Waals surface area contributed by atoms with Crippen LogP contribution in [0.5, 0.6) is 0 Å². The van der Waals surface area contributed by atoms with Crippen LogP contribution in [-0.4, -0.2) is 112 Å². The van der Waals surface area contributed by atoms with Crippen LogP contribution >= 0.6 is 34.8 Å². The van der Waals surface area contributed by atoms with E-state index in [4.69, 9.17) is 44.5 Å². The number of methoxy groups -OCH3 is 1. The Hall–Kier alpha value is -4.39. The van der Waals surface area contributed by atoms with E-state index in [2.05, 4.69) is 20.1 Å². The van der Waals surface area contributed by atoms with Gasteiger partial charge in [-0.3, -0.25) is 19.3 Å². The van der Waals surface area contributed by atoms with Gasteiger partial charge in [-0.15, -0.1) is 0 Å². The fraction of sp³-hybridized carbons (Fsp3) is 0.395. The highest BCUT2D eigenvalue weighted by Gasteiger charge is 2.42. The second-order valence-corrected chi connectivity index (χ2v) is 16.6. The number of fused-ring (bicyclic) bond motifs is 1. The number of hydrogen-bond donors (Lipinski definition) is 2. The van der Waals surface area contributed by atoms with E-state index in [0.29, 0.717) is 57.0 Å². The molecule has 2 N–H and O–H groups in total. The first-order valence-electron chi connectivity index (χ1n) is 19.6. The van der Waals surface area contributed by atoms with Crippen LogP contribution in [0.2, 0.25) is 15.1 Å². The molecule has 0 unspecified atom stereocenters. The van der Waals surface area contributed by atoms with Gasteiger partial charge in [-0.1, -0.05) is 77.3 Å². The molecule has 14 heteroatoms. The summed E-state index contributed by atoms with van der Waals surface area (Å²) in [7, 11) is 1.51. The molecule has 11 nitrogen and oxygen atoms in total. The molecule has 298 valence electrons. The van der Waals surface area contributed by atoms with Crippen molar-refractivity contribution < 1.29 is 19.1 Å². The van der Waals surface area contributed by atoms with E-state index in [1.54, 1.807) is 17.3 Å². The van der Waals surface area contributed by atoms with Gasteiger partial charge in [0, 0.05) is 95.4 Å². The van der Waals surface area contributed by atoms with Gasteiger partial charge in [-0.05, 0) is 62.4 Å². The van der Waals surface area contributed by atoms with Crippen LogP contribution in [0.4, 0.5) is 0 Å². The van der Waals surface area contributed by atoms with Gasteiger partial charge in [0.2, 0.25) is 11.8 Å². The molecule has 2 aromatic heterocycles. The van der Waals surface area contributed by atoms with Crippen molar-refractivity contribution >= 4 is 63.4 Å². The van der Waals surface area contributed by atoms with E-state index >= 15 is 0 Å². The molecule has 3 saturated heterocycles. The molecule has 0 saturated carbocycles. The molecule has 3 aromatic carbocycles. The highest BCUT2D eigenvalue weighted by molar-refractivity contribution is 6.35. The lowest BCUT2D eigenvalue weighted by Gasteiger charge is -2.42. The molecule has 3 atom stereocenters. The molecule has 0 aliphatic carbocycles. The molecule has 0 bridgehead atoms. The van der Waals surface area contributed by atoms with Gasteiger partial charge in [0.05, 0.1) is 29.8 Å². The molecule has 5 heterocycles. The van der Waals surface area contributed by atoms with Crippen molar-refractivity contribution in [2.45, 2.75) is 63.2 Å². The van der Waals surface area contributed by atoms with E-state index < -0.39 is 0 Å².